The van der Waals surface area contributed by atoms with Crippen LogP contribution in [0.15, 0.2) is 0 Å². The first-order valence-electron chi connectivity index (χ1n) is 4.74. The molecule has 1 heterocycles. The van der Waals surface area contributed by atoms with Gasteiger partial charge in [-0.25, -0.2) is 0 Å². The lowest BCUT2D eigenvalue weighted by Crippen LogP contribution is -2.60. The lowest BCUT2D eigenvalue weighted by atomic mass is 9.45. The maximum atomic E-state index is 11.6. The number of carbonyl (C=O) groups is 1. The average molecular weight is 166 g/mol. The number of Topliss-reactive ketones (excluding diaryl/α,β-unsaturated/α-hetero) is 1. The lowest BCUT2D eigenvalue weighted by molar-refractivity contribution is -0.158. The van der Waals surface area contributed by atoms with E-state index in [-0.39, 0.29) is 5.60 Å². The molecule has 1 saturated heterocycles. The van der Waals surface area contributed by atoms with E-state index in [1.54, 1.807) is 0 Å². The first-order chi connectivity index (χ1) is 5.57. The van der Waals surface area contributed by atoms with Gasteiger partial charge in [0.1, 0.15) is 0 Å². The lowest BCUT2D eigenvalue weighted by Gasteiger charge is -2.58. The minimum Gasteiger partial charge on any atom is -0.361 e. The number of hydrogen-bond acceptors (Lipinski definition) is 2. The smallest absolute Gasteiger partial charge is 0.167 e. The highest BCUT2D eigenvalue weighted by Gasteiger charge is 2.71. The van der Waals surface area contributed by atoms with Crippen LogP contribution >= 0.6 is 0 Å². The Bertz CT molecular complexity index is 263. The Labute approximate surface area is 72.3 Å². The van der Waals surface area contributed by atoms with Crippen molar-refractivity contribution < 1.29 is 9.53 Å². The molecule has 0 N–H and O–H groups in total. The number of hydrogen-bond donors (Lipinski definition) is 0. The van der Waals surface area contributed by atoms with Crippen molar-refractivity contribution >= 4 is 5.78 Å². The minimum atomic E-state index is -0.293. The number of rotatable bonds is 0. The Kier molecular flexibility index (Phi) is 0.958. The van der Waals surface area contributed by atoms with Gasteiger partial charge < -0.3 is 4.74 Å². The second-order valence-electron chi connectivity index (χ2n) is 5.11. The summed E-state index contributed by atoms with van der Waals surface area (Å²) in [5, 5.41) is 0. The predicted octanol–water partition coefficient (Wildman–Crippen LogP) is 1.39. The number of epoxide rings is 1. The molecule has 3 unspecified atom stereocenters. The summed E-state index contributed by atoms with van der Waals surface area (Å²) in [7, 11) is 0. The fourth-order valence-corrected chi connectivity index (χ4v) is 3.18. The largest absolute Gasteiger partial charge is 0.361 e. The van der Waals surface area contributed by atoms with Crippen LogP contribution in [0.4, 0.5) is 0 Å². The highest BCUT2D eigenvalue weighted by atomic mass is 16.6. The van der Waals surface area contributed by atoms with Gasteiger partial charge in [0.2, 0.25) is 0 Å². The van der Waals surface area contributed by atoms with Gasteiger partial charge in [-0.2, -0.15) is 0 Å². The van der Waals surface area contributed by atoms with E-state index in [1.807, 2.05) is 0 Å². The van der Waals surface area contributed by atoms with Crippen LogP contribution in [0.25, 0.3) is 0 Å². The third kappa shape index (κ3) is 0.535. The van der Waals surface area contributed by atoms with Crippen LogP contribution in [0.1, 0.15) is 26.7 Å². The molecule has 1 aliphatic heterocycles. The van der Waals surface area contributed by atoms with E-state index in [0.29, 0.717) is 29.6 Å². The summed E-state index contributed by atoms with van der Waals surface area (Å²) in [5.41, 5.74) is 0.0721. The molecule has 2 bridgehead atoms. The molecule has 0 aromatic heterocycles. The SMILES string of the molecule is CC1(C)C2CC(=O)C3(CO3)C1C2. The third-order valence-corrected chi connectivity index (χ3v) is 4.39. The van der Waals surface area contributed by atoms with Crippen molar-refractivity contribution in [1.82, 2.24) is 0 Å². The van der Waals surface area contributed by atoms with Gasteiger partial charge in [-0.1, -0.05) is 13.8 Å². The summed E-state index contributed by atoms with van der Waals surface area (Å²) in [4.78, 5) is 11.6. The van der Waals surface area contributed by atoms with Crippen LogP contribution in [-0.2, 0) is 9.53 Å². The van der Waals surface area contributed by atoms with Crippen molar-refractivity contribution in [1.29, 1.82) is 0 Å². The number of fused-ring (bicyclic) bond motifs is 1. The zero-order valence-electron chi connectivity index (χ0n) is 7.59. The summed E-state index contributed by atoms with van der Waals surface area (Å²) in [5.74, 6) is 1.55. The fraction of sp³-hybridized carbons (Fsp3) is 0.900. The molecule has 12 heavy (non-hydrogen) atoms. The first-order valence-corrected chi connectivity index (χ1v) is 4.74. The average Bonchev–Trinajstić information content (AvgIpc) is 2.76. The monoisotopic (exact) mass is 166 g/mol. The van der Waals surface area contributed by atoms with E-state index in [2.05, 4.69) is 13.8 Å². The van der Waals surface area contributed by atoms with Crippen molar-refractivity contribution in [2.24, 2.45) is 17.3 Å². The molecule has 3 atom stereocenters. The van der Waals surface area contributed by atoms with Gasteiger partial charge >= 0.3 is 0 Å². The van der Waals surface area contributed by atoms with Crippen LogP contribution in [0, 0.1) is 17.3 Å². The molecule has 3 saturated carbocycles. The molecular formula is C10H14O2. The van der Waals surface area contributed by atoms with Gasteiger partial charge in [-0.15, -0.1) is 0 Å². The van der Waals surface area contributed by atoms with E-state index < -0.39 is 0 Å². The molecule has 0 radical (unpaired) electrons. The van der Waals surface area contributed by atoms with Crippen LogP contribution in [0.2, 0.25) is 0 Å². The summed E-state index contributed by atoms with van der Waals surface area (Å²) in [6.07, 6.45) is 1.99. The quantitative estimate of drug-likeness (QED) is 0.509. The Morgan fingerprint density at radius 1 is 1.50 bits per heavy atom. The maximum Gasteiger partial charge on any atom is 0.167 e. The van der Waals surface area contributed by atoms with Gasteiger partial charge in [-0.3, -0.25) is 4.79 Å². The standard InChI is InChI=1S/C10H14O2/c1-9(2)6-3-7(9)10(5-12-10)8(11)4-6/h6-7H,3-5H2,1-2H3. The molecule has 2 heteroatoms. The molecule has 0 aromatic carbocycles. The van der Waals surface area contributed by atoms with Crippen molar-refractivity contribution in [3.63, 3.8) is 0 Å². The van der Waals surface area contributed by atoms with Crippen LogP contribution in [0.5, 0.6) is 0 Å². The summed E-state index contributed by atoms with van der Waals surface area (Å²) in [6.45, 7) is 5.26. The van der Waals surface area contributed by atoms with Gasteiger partial charge in [-0.05, 0) is 17.8 Å². The zero-order chi connectivity index (χ0) is 8.56. The molecule has 4 fully saturated rings. The number of carbonyl (C=O) groups excluding carboxylic acids is 1. The van der Waals surface area contributed by atoms with Crippen molar-refractivity contribution in [3.8, 4) is 0 Å². The van der Waals surface area contributed by atoms with Crippen molar-refractivity contribution in [3.05, 3.63) is 0 Å². The van der Waals surface area contributed by atoms with Gasteiger partial charge in [0.05, 0.1) is 6.61 Å². The maximum absolute atomic E-state index is 11.6. The van der Waals surface area contributed by atoms with Crippen molar-refractivity contribution in [2.75, 3.05) is 6.61 Å². The van der Waals surface area contributed by atoms with E-state index in [9.17, 15) is 4.79 Å². The topological polar surface area (TPSA) is 29.6 Å². The summed E-state index contributed by atoms with van der Waals surface area (Å²) in [6, 6.07) is 0. The van der Waals surface area contributed by atoms with Crippen LogP contribution in [0.3, 0.4) is 0 Å². The third-order valence-electron chi connectivity index (χ3n) is 4.39. The Balaban J connectivity index is 2.00. The van der Waals surface area contributed by atoms with Crippen LogP contribution < -0.4 is 0 Å². The highest BCUT2D eigenvalue weighted by Crippen LogP contribution is 2.65. The van der Waals surface area contributed by atoms with Crippen LogP contribution in [-0.4, -0.2) is 18.0 Å². The van der Waals surface area contributed by atoms with Gasteiger partial charge in [0, 0.05) is 12.3 Å². The first kappa shape index (κ1) is 7.07. The molecule has 0 amide bonds. The Hall–Kier alpha value is -0.370. The van der Waals surface area contributed by atoms with Gasteiger partial charge in [0.15, 0.2) is 11.4 Å². The molecular weight excluding hydrogens is 152 g/mol. The molecule has 3 aliphatic carbocycles. The molecule has 1 spiro atoms. The van der Waals surface area contributed by atoms with Gasteiger partial charge in [0.25, 0.3) is 0 Å². The highest BCUT2D eigenvalue weighted by molar-refractivity contribution is 5.92. The van der Waals surface area contributed by atoms with E-state index in [4.69, 9.17) is 4.74 Å². The van der Waals surface area contributed by atoms with E-state index in [0.717, 1.165) is 6.42 Å². The number of ether oxygens (including phenoxy) is 1. The summed E-state index contributed by atoms with van der Waals surface area (Å²) >= 11 is 0. The Morgan fingerprint density at radius 2 is 2.17 bits per heavy atom. The second-order valence-corrected chi connectivity index (χ2v) is 5.11. The Morgan fingerprint density at radius 3 is 2.58 bits per heavy atom. The molecule has 0 aromatic rings. The zero-order valence-corrected chi connectivity index (χ0v) is 7.59. The summed E-state index contributed by atoms with van der Waals surface area (Å²) < 4.78 is 5.39. The second kappa shape index (κ2) is 1.63. The van der Waals surface area contributed by atoms with E-state index >= 15 is 0 Å². The van der Waals surface area contributed by atoms with Crippen molar-refractivity contribution in [2.45, 2.75) is 32.3 Å². The normalized spacial score (nSPS) is 53.7. The molecule has 4 aliphatic rings. The minimum absolute atomic E-state index is 0.293. The molecule has 2 nitrogen and oxygen atoms in total. The predicted molar refractivity (Wildman–Crippen MR) is 43.7 cm³/mol. The molecule has 66 valence electrons. The molecule has 4 rings (SSSR count). The van der Waals surface area contributed by atoms with E-state index in [1.165, 1.54) is 6.42 Å². The fourth-order valence-electron chi connectivity index (χ4n) is 3.18. The number of ketones is 1.